The number of carbonyl (C=O) groups excluding carboxylic acids is 5. The van der Waals surface area contributed by atoms with Crippen molar-refractivity contribution in [1.82, 2.24) is 4.90 Å². The molecule has 4 rings (SSSR count). The number of allylic oxidation sites excluding steroid dienone is 6. The fourth-order valence-electron chi connectivity index (χ4n) is 9.17. The average molecular weight is 1130 g/mol. The molecule has 0 fully saturated rings. The number of hydrogen-bond acceptors (Lipinski definition) is 8. The van der Waals surface area contributed by atoms with E-state index in [0.717, 1.165) is 115 Å². The molecule has 3 aliphatic rings. The highest BCUT2D eigenvalue weighted by Gasteiger charge is 2.20. The zero-order valence-corrected chi connectivity index (χ0v) is 50.7. The maximum absolute atomic E-state index is 11.9. The topological polar surface area (TPSA) is 256 Å². The molecule has 1 N–H and O–H groups in total. The van der Waals surface area contributed by atoms with Crippen LogP contribution in [0.5, 0.6) is 0 Å². The number of amides is 1. The first-order valence-corrected chi connectivity index (χ1v) is 32.1. The zero-order valence-electron chi connectivity index (χ0n) is 49.8. The fraction of sp³-hybridized carbons (Fsp3) is 0.698. The van der Waals surface area contributed by atoms with Gasteiger partial charge in [-0.15, -0.1) is 0 Å². The van der Waals surface area contributed by atoms with Gasteiger partial charge in [0.2, 0.25) is 17.5 Å². The van der Waals surface area contributed by atoms with Crippen LogP contribution in [0.1, 0.15) is 259 Å². The summed E-state index contributed by atoms with van der Waals surface area (Å²) in [6.45, 7) is 11.5. The van der Waals surface area contributed by atoms with E-state index in [2.05, 4.69) is 86.5 Å². The molecule has 1 atom stereocenters. The Morgan fingerprint density at radius 3 is 1.21 bits per heavy atom. The molecule has 0 bridgehead atoms. The van der Waals surface area contributed by atoms with E-state index in [1.165, 1.54) is 141 Å². The van der Waals surface area contributed by atoms with Crippen LogP contribution in [-0.4, -0.2) is 83.5 Å². The van der Waals surface area contributed by atoms with Crippen LogP contribution in [0.2, 0.25) is 0 Å². The lowest BCUT2D eigenvalue weighted by Gasteiger charge is -2.13. The van der Waals surface area contributed by atoms with Crippen molar-refractivity contribution in [2.24, 2.45) is 10.4 Å². The molecule has 0 saturated carbocycles. The minimum absolute atomic E-state index is 0.0366. The van der Waals surface area contributed by atoms with Crippen molar-refractivity contribution in [3.05, 3.63) is 82.2 Å². The Kier molecular flexibility index (Phi) is 49.3. The first kappa shape index (κ1) is 74.6. The summed E-state index contributed by atoms with van der Waals surface area (Å²) in [6.07, 6.45) is 52.3. The minimum atomic E-state index is -3.96. The van der Waals surface area contributed by atoms with E-state index in [9.17, 15) is 32.4 Å². The van der Waals surface area contributed by atoms with Crippen molar-refractivity contribution >= 4 is 56.7 Å². The van der Waals surface area contributed by atoms with Crippen LogP contribution in [0.25, 0.3) is 21.5 Å². The van der Waals surface area contributed by atoms with Crippen molar-refractivity contribution in [1.29, 1.82) is 0 Å². The number of rotatable bonds is 7. The highest BCUT2D eigenvalue weighted by molar-refractivity contribution is 7.90. The molecule has 0 heterocycles. The Balaban J connectivity index is 0.00000100. The van der Waals surface area contributed by atoms with E-state index >= 15 is 0 Å². The van der Waals surface area contributed by atoms with Gasteiger partial charge in [-0.2, -0.15) is 9.58 Å². The SMILES string of the molecule is CC(=O)Nc1ccc(S(=O)(=O)N=[N+]=[N-])cc1.CCN(CC)CC.O=CC1CCCCCC=CCCCCCCCC1=O.[N-]=[N+]=C1CCCCCC=CCCCCCCCC1=O.[N-]=[N+]=C1CCCCCCC=CCCCCCCC1=O. The smallest absolute Gasteiger partial charge is 0.334 e. The van der Waals surface area contributed by atoms with Crippen LogP contribution >= 0.6 is 0 Å². The Bertz CT molecular complexity index is 2200. The average Bonchev–Trinajstić information content (AvgIpc) is 3.44. The monoisotopic (exact) mass is 1130 g/mol. The summed E-state index contributed by atoms with van der Waals surface area (Å²) in [5.41, 5.74) is 27.1. The Morgan fingerprint density at radius 1 is 0.537 bits per heavy atom. The molecule has 1 aromatic rings. The van der Waals surface area contributed by atoms with Gasteiger partial charge in [0.25, 0.3) is 10.0 Å². The van der Waals surface area contributed by atoms with E-state index in [1.807, 2.05) is 0 Å². The van der Waals surface area contributed by atoms with Crippen LogP contribution < -0.4 is 5.32 Å². The summed E-state index contributed by atoms with van der Waals surface area (Å²) in [5.74, 6) is -0.347. The summed E-state index contributed by atoms with van der Waals surface area (Å²) in [4.78, 5) is 68.1. The molecular weight excluding hydrogens is 1030 g/mol. The molecule has 0 saturated heterocycles. The second-order valence-corrected chi connectivity index (χ2v) is 22.4. The lowest BCUT2D eigenvalue weighted by Crippen LogP contribution is -2.21. The van der Waals surface area contributed by atoms with Gasteiger partial charge in [-0.3, -0.25) is 19.2 Å². The third kappa shape index (κ3) is 42.5. The molecule has 1 unspecified atom stereocenters. The minimum Gasteiger partial charge on any atom is -0.361 e. The number of Topliss-reactive ketones (excluding diaryl/α,β-unsaturated/α-hetero) is 3. The maximum Gasteiger partial charge on any atom is 0.334 e. The van der Waals surface area contributed by atoms with Crippen LogP contribution in [0.15, 0.2) is 70.1 Å². The molecule has 448 valence electrons. The van der Waals surface area contributed by atoms with E-state index in [0.29, 0.717) is 49.2 Å². The number of sulfonamides is 1. The number of benzene rings is 1. The van der Waals surface area contributed by atoms with Gasteiger partial charge in [0.1, 0.15) is 12.1 Å². The van der Waals surface area contributed by atoms with Gasteiger partial charge in [-0.25, -0.2) is 8.42 Å². The largest absolute Gasteiger partial charge is 0.361 e. The number of anilines is 1. The van der Waals surface area contributed by atoms with Crippen molar-refractivity contribution in [3.63, 3.8) is 0 Å². The van der Waals surface area contributed by atoms with Crippen LogP contribution in [-0.2, 0) is 34.0 Å². The molecule has 80 heavy (non-hydrogen) atoms. The molecule has 1 aromatic carbocycles. The summed E-state index contributed by atoms with van der Waals surface area (Å²) >= 11 is 0. The highest BCUT2D eigenvalue weighted by atomic mass is 32.2. The van der Waals surface area contributed by atoms with Gasteiger partial charge in [0.15, 0.2) is 0 Å². The van der Waals surface area contributed by atoms with Gasteiger partial charge < -0.3 is 26.1 Å². The van der Waals surface area contributed by atoms with Crippen molar-refractivity contribution in [2.45, 2.75) is 264 Å². The van der Waals surface area contributed by atoms with Gasteiger partial charge in [0, 0.05) is 41.3 Å². The summed E-state index contributed by atoms with van der Waals surface area (Å²) in [7, 11) is -3.96. The number of nitrogens with one attached hydrogen (secondary N) is 1. The van der Waals surface area contributed by atoms with Gasteiger partial charge in [-0.05, 0) is 165 Å². The van der Waals surface area contributed by atoms with E-state index in [-0.39, 0.29) is 34.1 Å². The molecule has 3 aliphatic carbocycles. The second kappa shape index (κ2) is 52.9. The van der Waals surface area contributed by atoms with Crippen LogP contribution in [0.4, 0.5) is 5.69 Å². The number of hydrogen-bond donors (Lipinski definition) is 1. The van der Waals surface area contributed by atoms with E-state index < -0.39 is 10.0 Å². The molecular formula is C63H103N9O7S. The Hall–Kier alpha value is -5.43. The number of aldehydes is 1. The summed E-state index contributed by atoms with van der Waals surface area (Å²) < 4.78 is 25.2. The predicted octanol–water partition coefficient (Wildman–Crippen LogP) is 16.6. The van der Waals surface area contributed by atoms with Crippen molar-refractivity contribution in [2.75, 3.05) is 25.0 Å². The lowest BCUT2D eigenvalue weighted by atomic mass is 9.94. The lowest BCUT2D eigenvalue weighted by molar-refractivity contribution is -0.128. The molecule has 0 aromatic heterocycles. The van der Waals surface area contributed by atoms with E-state index in [1.54, 1.807) is 0 Å². The maximum atomic E-state index is 11.9. The predicted molar refractivity (Wildman–Crippen MR) is 326 cm³/mol. The molecule has 0 aliphatic heterocycles. The van der Waals surface area contributed by atoms with Gasteiger partial charge in [0.05, 0.1) is 23.7 Å². The Labute approximate surface area is 482 Å². The molecule has 1 amide bonds. The fourth-order valence-corrected chi connectivity index (χ4v) is 9.84. The number of carbonyl (C=O) groups is 5. The zero-order chi connectivity index (χ0) is 59.2. The Morgan fingerprint density at radius 2 is 0.875 bits per heavy atom. The van der Waals surface area contributed by atoms with Crippen LogP contribution in [0, 0.1) is 5.92 Å². The first-order chi connectivity index (χ1) is 38.8. The molecule has 16 nitrogen and oxygen atoms in total. The molecule has 0 spiro atoms. The summed E-state index contributed by atoms with van der Waals surface area (Å²) in [6, 6.07) is 5.30. The number of nitrogens with zero attached hydrogens (tertiary/aromatic N) is 8. The van der Waals surface area contributed by atoms with Crippen molar-refractivity contribution < 1.29 is 42.0 Å². The highest BCUT2D eigenvalue weighted by Crippen LogP contribution is 2.19. The number of azide groups is 1. The third-order valence-electron chi connectivity index (χ3n) is 14.2. The van der Waals surface area contributed by atoms with Gasteiger partial charge >= 0.3 is 11.4 Å². The van der Waals surface area contributed by atoms with Crippen LogP contribution in [0.3, 0.4) is 0 Å². The standard InChI is InChI=1S/C17H28O2.2C16H26N2O.C8H8N4O3S.C6H15N/c18-15-16-13-11-9-7-5-3-1-2-4-6-8-10-12-14-17(16)19;2*17-18-15-13-11-9-7-5-3-1-2-4-6-8-10-12-14-16(15)19;1-6(13)10-7-2-4-8(5-3-7)16(14,15)12-11-9;1-4-7(5-2)6-3/h1,3,15-16H,2,4-14H2;1,3H,2,4-14H2;1-2H,3-14H2;2-5H,1H3,(H,10,13);4-6H2,1-3H3. The van der Waals surface area contributed by atoms with Crippen molar-refractivity contribution in [3.8, 4) is 0 Å². The first-order valence-electron chi connectivity index (χ1n) is 30.7. The van der Waals surface area contributed by atoms with E-state index in [4.69, 9.17) is 16.6 Å². The quantitative estimate of drug-likeness (QED) is 0.0684. The second-order valence-electron chi connectivity index (χ2n) is 20.8. The molecule has 17 heteroatoms. The normalized spacial score (nSPS) is 18.9. The molecule has 0 radical (unpaired) electrons. The van der Waals surface area contributed by atoms with Gasteiger partial charge in [-0.1, -0.05) is 141 Å². The number of ketones is 3. The summed E-state index contributed by atoms with van der Waals surface area (Å²) in [5, 5.41) is 2.48. The third-order valence-corrected chi connectivity index (χ3v) is 15.4.